The predicted molar refractivity (Wildman–Crippen MR) is 74.4 cm³/mol. The summed E-state index contributed by atoms with van der Waals surface area (Å²) in [7, 11) is 0. The molecule has 0 spiro atoms. The minimum Gasteiger partial charge on any atom is -0.486 e. The van der Waals surface area contributed by atoms with Crippen LogP contribution in [0.2, 0.25) is 0 Å². The Kier molecular flexibility index (Phi) is 3.19. The van der Waals surface area contributed by atoms with Crippen LogP contribution in [0.4, 0.5) is 5.82 Å². The highest BCUT2D eigenvalue weighted by molar-refractivity contribution is 7.12. The maximum absolute atomic E-state index is 5.82. The van der Waals surface area contributed by atoms with Gasteiger partial charge in [-0.1, -0.05) is 18.2 Å². The third-order valence-corrected chi connectivity index (χ3v) is 4.15. The number of rotatable bonds is 3. The van der Waals surface area contributed by atoms with Crippen LogP contribution in [0.25, 0.3) is 0 Å². The highest BCUT2D eigenvalue weighted by Crippen LogP contribution is 2.28. The third-order valence-electron chi connectivity index (χ3n) is 3.06. The molecule has 3 rings (SSSR count). The Morgan fingerprint density at radius 1 is 1.39 bits per heavy atom. The topological polar surface area (TPSA) is 34.1 Å². The van der Waals surface area contributed by atoms with Gasteiger partial charge in [0.15, 0.2) is 0 Å². The Hall–Kier alpha value is -1.55. The molecule has 1 aromatic carbocycles. The van der Waals surface area contributed by atoms with Gasteiger partial charge in [-0.2, -0.15) is 0 Å². The molecule has 4 heteroatoms. The Labute approximate surface area is 111 Å². The van der Waals surface area contributed by atoms with Crippen molar-refractivity contribution in [3.8, 4) is 5.75 Å². The van der Waals surface area contributed by atoms with Gasteiger partial charge in [-0.15, -0.1) is 11.3 Å². The van der Waals surface area contributed by atoms with Gasteiger partial charge in [0, 0.05) is 11.4 Å². The van der Waals surface area contributed by atoms with Crippen LogP contribution in [0.3, 0.4) is 0 Å². The first kappa shape index (κ1) is 11.5. The minimum atomic E-state index is 0.560. The van der Waals surface area contributed by atoms with Gasteiger partial charge in [0.05, 0.1) is 0 Å². The number of fused-ring (bicyclic) bond motifs is 1. The average Bonchev–Trinajstić information content (AvgIpc) is 2.80. The Balaban J connectivity index is 1.70. The number of hydrogen-bond donors (Lipinski definition) is 1. The molecule has 1 aromatic heterocycles. The largest absolute Gasteiger partial charge is 0.486 e. The van der Waals surface area contributed by atoms with E-state index in [0.29, 0.717) is 6.61 Å². The summed E-state index contributed by atoms with van der Waals surface area (Å²) in [6, 6.07) is 8.08. The second-order valence-electron chi connectivity index (χ2n) is 4.46. The summed E-state index contributed by atoms with van der Waals surface area (Å²) in [5, 5.41) is 4.39. The summed E-state index contributed by atoms with van der Waals surface area (Å²) >= 11 is 1.76. The van der Waals surface area contributed by atoms with Crippen molar-refractivity contribution in [2.45, 2.75) is 26.4 Å². The van der Waals surface area contributed by atoms with Crippen LogP contribution in [-0.4, -0.2) is 11.5 Å². The molecule has 0 saturated carbocycles. The van der Waals surface area contributed by atoms with E-state index in [4.69, 9.17) is 4.74 Å². The Bertz CT molecular complexity index is 527. The molecule has 3 nitrogen and oxygen atoms in total. The zero-order chi connectivity index (χ0) is 12.4. The molecule has 0 unspecified atom stereocenters. The number of hydrogen-bond acceptors (Lipinski definition) is 4. The summed E-state index contributed by atoms with van der Waals surface area (Å²) in [6.45, 7) is 3.66. The van der Waals surface area contributed by atoms with E-state index < -0.39 is 0 Å². The summed E-state index contributed by atoms with van der Waals surface area (Å²) in [5.74, 6) is 2.01. The maximum atomic E-state index is 5.82. The van der Waals surface area contributed by atoms with Crippen LogP contribution in [-0.2, 0) is 13.0 Å². The highest BCUT2D eigenvalue weighted by Gasteiger charge is 2.14. The fraction of sp³-hybridized carbons (Fsp3) is 0.357. The molecule has 0 atom stereocenters. The normalized spacial score (nSPS) is 13.8. The van der Waals surface area contributed by atoms with Gasteiger partial charge in [0.2, 0.25) is 0 Å². The van der Waals surface area contributed by atoms with Crippen LogP contribution in [0.1, 0.15) is 21.9 Å². The van der Waals surface area contributed by atoms with E-state index >= 15 is 0 Å². The molecule has 0 aliphatic carbocycles. The molecular weight excluding hydrogens is 244 g/mol. The molecule has 1 aliphatic rings. The number of aromatic nitrogens is 1. The second kappa shape index (κ2) is 4.98. The lowest BCUT2D eigenvalue weighted by atomic mass is 10.2. The van der Waals surface area contributed by atoms with Crippen molar-refractivity contribution in [1.29, 1.82) is 0 Å². The fourth-order valence-corrected chi connectivity index (χ4v) is 3.08. The predicted octanol–water partition coefficient (Wildman–Crippen LogP) is 3.39. The number of thiazole rings is 1. The van der Waals surface area contributed by atoms with E-state index in [2.05, 4.69) is 23.3 Å². The molecule has 2 aromatic rings. The molecule has 18 heavy (non-hydrogen) atoms. The number of benzene rings is 1. The molecule has 0 fully saturated rings. The fourth-order valence-electron chi connectivity index (χ4n) is 2.08. The summed E-state index contributed by atoms with van der Waals surface area (Å²) < 4.78 is 5.82. The summed E-state index contributed by atoms with van der Waals surface area (Å²) in [5.41, 5.74) is 1.16. The molecule has 0 amide bonds. The number of aryl methyl sites for hydroxylation is 2. The van der Waals surface area contributed by atoms with Crippen LogP contribution in [0.15, 0.2) is 24.3 Å². The van der Waals surface area contributed by atoms with Gasteiger partial charge in [0.1, 0.15) is 23.2 Å². The molecule has 0 bridgehead atoms. The van der Waals surface area contributed by atoms with Crippen molar-refractivity contribution in [3.63, 3.8) is 0 Å². The van der Waals surface area contributed by atoms with Crippen LogP contribution in [0.5, 0.6) is 5.75 Å². The lowest BCUT2D eigenvalue weighted by molar-refractivity contribution is 0.303. The first-order valence-electron chi connectivity index (χ1n) is 6.24. The van der Waals surface area contributed by atoms with E-state index in [9.17, 15) is 0 Å². The van der Waals surface area contributed by atoms with Crippen molar-refractivity contribution < 1.29 is 4.74 Å². The molecule has 0 saturated heterocycles. The molecule has 1 N–H and O–H groups in total. The van der Waals surface area contributed by atoms with Crippen LogP contribution in [0, 0.1) is 6.92 Å². The SMILES string of the molecule is Cc1ccccc1OCc1nc2c(s1)CCCN2. The standard InChI is InChI=1S/C14H16N2OS/c1-10-5-2-3-6-11(10)17-9-13-16-14-12(18-13)7-4-8-15-14/h2-3,5-6,15H,4,7-9H2,1H3. The maximum Gasteiger partial charge on any atom is 0.140 e. The van der Waals surface area contributed by atoms with E-state index in [0.717, 1.165) is 35.1 Å². The van der Waals surface area contributed by atoms with Crippen molar-refractivity contribution in [2.24, 2.45) is 0 Å². The minimum absolute atomic E-state index is 0.560. The Morgan fingerprint density at radius 2 is 2.28 bits per heavy atom. The first-order chi connectivity index (χ1) is 8.83. The monoisotopic (exact) mass is 260 g/mol. The lowest BCUT2D eigenvalue weighted by Crippen LogP contribution is -2.10. The van der Waals surface area contributed by atoms with E-state index in [-0.39, 0.29) is 0 Å². The second-order valence-corrected chi connectivity index (χ2v) is 5.63. The van der Waals surface area contributed by atoms with Crippen molar-refractivity contribution in [1.82, 2.24) is 4.98 Å². The van der Waals surface area contributed by atoms with Crippen LogP contribution >= 0.6 is 11.3 Å². The van der Waals surface area contributed by atoms with Gasteiger partial charge in [-0.25, -0.2) is 4.98 Å². The number of anilines is 1. The quantitative estimate of drug-likeness (QED) is 0.918. The van der Waals surface area contributed by atoms with Crippen molar-refractivity contribution in [3.05, 3.63) is 39.7 Å². The van der Waals surface area contributed by atoms with E-state index in [1.165, 1.54) is 11.3 Å². The van der Waals surface area contributed by atoms with Gasteiger partial charge in [-0.3, -0.25) is 0 Å². The van der Waals surface area contributed by atoms with E-state index in [1.54, 1.807) is 11.3 Å². The van der Waals surface area contributed by atoms with Crippen molar-refractivity contribution >= 4 is 17.2 Å². The smallest absolute Gasteiger partial charge is 0.140 e. The van der Waals surface area contributed by atoms with Gasteiger partial charge in [0.25, 0.3) is 0 Å². The number of nitrogens with zero attached hydrogens (tertiary/aromatic N) is 1. The number of nitrogens with one attached hydrogen (secondary N) is 1. The zero-order valence-electron chi connectivity index (χ0n) is 10.4. The van der Waals surface area contributed by atoms with Crippen molar-refractivity contribution in [2.75, 3.05) is 11.9 Å². The van der Waals surface area contributed by atoms with Gasteiger partial charge >= 0.3 is 0 Å². The lowest BCUT2D eigenvalue weighted by Gasteiger charge is -2.10. The van der Waals surface area contributed by atoms with Gasteiger partial charge in [-0.05, 0) is 31.4 Å². The molecular formula is C14H16N2OS. The molecule has 2 heterocycles. The molecule has 0 radical (unpaired) electrons. The van der Waals surface area contributed by atoms with Crippen LogP contribution < -0.4 is 10.1 Å². The average molecular weight is 260 g/mol. The summed E-state index contributed by atoms with van der Waals surface area (Å²) in [6.07, 6.45) is 2.34. The molecule has 94 valence electrons. The third kappa shape index (κ3) is 2.34. The number of ether oxygens (including phenoxy) is 1. The zero-order valence-corrected chi connectivity index (χ0v) is 11.2. The highest BCUT2D eigenvalue weighted by atomic mass is 32.1. The Morgan fingerprint density at radius 3 is 3.11 bits per heavy atom. The number of para-hydroxylation sites is 1. The molecule has 1 aliphatic heterocycles. The van der Waals surface area contributed by atoms with Gasteiger partial charge < -0.3 is 10.1 Å². The summed E-state index contributed by atoms with van der Waals surface area (Å²) in [4.78, 5) is 5.94. The first-order valence-corrected chi connectivity index (χ1v) is 7.05. The van der Waals surface area contributed by atoms with E-state index in [1.807, 2.05) is 18.2 Å².